The summed E-state index contributed by atoms with van der Waals surface area (Å²) < 4.78 is 8.20. The first kappa shape index (κ1) is 21.2. The van der Waals surface area contributed by atoms with Crippen LogP contribution >= 0.6 is 0 Å². The van der Waals surface area contributed by atoms with Crippen molar-refractivity contribution in [3.05, 3.63) is 61.1 Å². The van der Waals surface area contributed by atoms with Crippen LogP contribution in [0.1, 0.15) is 51.5 Å². The molecule has 7 nitrogen and oxygen atoms in total. The molecule has 0 saturated heterocycles. The SMILES string of the molecule is CC1(NC(=O)O)CC1.c1ccc2oc(-c3ccc(-c4cncn4C4CCCC4)cc3)nc2c1. The topological polar surface area (TPSA) is 93.2 Å². The average molecular weight is 445 g/mol. The number of para-hydroxylation sites is 2. The van der Waals surface area contributed by atoms with Crippen LogP contribution in [0.15, 0.2) is 65.5 Å². The normalized spacial score (nSPS) is 16.9. The zero-order valence-electron chi connectivity index (χ0n) is 18.7. The number of imidazole rings is 1. The van der Waals surface area contributed by atoms with Crippen molar-refractivity contribution in [1.82, 2.24) is 19.9 Å². The molecule has 0 spiro atoms. The Balaban J connectivity index is 0.000000243. The van der Waals surface area contributed by atoms with Crippen molar-refractivity contribution >= 4 is 17.2 Å². The monoisotopic (exact) mass is 444 g/mol. The highest BCUT2D eigenvalue weighted by Gasteiger charge is 2.38. The Labute approximate surface area is 192 Å². The molecule has 33 heavy (non-hydrogen) atoms. The Morgan fingerprint density at radius 1 is 1.09 bits per heavy atom. The van der Waals surface area contributed by atoms with Gasteiger partial charge < -0.3 is 19.4 Å². The van der Waals surface area contributed by atoms with Crippen molar-refractivity contribution in [2.24, 2.45) is 0 Å². The maximum Gasteiger partial charge on any atom is 0.405 e. The highest BCUT2D eigenvalue weighted by atomic mass is 16.4. The summed E-state index contributed by atoms with van der Waals surface area (Å²) in [5.41, 5.74) is 5.00. The number of oxazole rings is 1. The lowest BCUT2D eigenvalue weighted by Crippen LogP contribution is -2.32. The van der Waals surface area contributed by atoms with Crippen molar-refractivity contribution in [3.8, 4) is 22.7 Å². The van der Waals surface area contributed by atoms with Crippen LogP contribution in [-0.2, 0) is 0 Å². The molecule has 2 aliphatic carbocycles. The highest BCUT2D eigenvalue weighted by Crippen LogP contribution is 2.35. The second-order valence-corrected chi connectivity index (χ2v) is 9.18. The number of carboxylic acid groups (broad SMARTS) is 1. The van der Waals surface area contributed by atoms with Crippen molar-refractivity contribution in [2.75, 3.05) is 0 Å². The van der Waals surface area contributed by atoms with Gasteiger partial charge in [-0.1, -0.05) is 37.1 Å². The minimum atomic E-state index is -0.912. The molecule has 2 N–H and O–H groups in total. The van der Waals surface area contributed by atoms with Crippen LogP contribution in [0.2, 0.25) is 0 Å². The van der Waals surface area contributed by atoms with Gasteiger partial charge in [0.25, 0.3) is 0 Å². The molecule has 4 aromatic rings. The van der Waals surface area contributed by atoms with Crippen LogP contribution in [0, 0.1) is 0 Å². The third-order valence-corrected chi connectivity index (χ3v) is 6.51. The number of nitrogens with zero attached hydrogens (tertiary/aromatic N) is 3. The molecule has 0 atom stereocenters. The lowest BCUT2D eigenvalue weighted by Gasteiger charge is -2.15. The van der Waals surface area contributed by atoms with E-state index in [9.17, 15) is 4.79 Å². The minimum absolute atomic E-state index is 0.0775. The van der Waals surface area contributed by atoms with Crippen molar-refractivity contribution in [2.45, 2.75) is 57.0 Å². The number of aromatic nitrogens is 3. The fraction of sp³-hybridized carbons (Fsp3) is 0.346. The number of carbonyl (C=O) groups is 1. The summed E-state index contributed by atoms with van der Waals surface area (Å²) in [4.78, 5) is 18.9. The van der Waals surface area contributed by atoms with Gasteiger partial charge in [0.1, 0.15) is 5.52 Å². The van der Waals surface area contributed by atoms with Gasteiger partial charge in [0.15, 0.2) is 5.58 Å². The number of amides is 1. The Morgan fingerprint density at radius 2 is 1.79 bits per heavy atom. The van der Waals surface area contributed by atoms with E-state index in [1.807, 2.05) is 43.7 Å². The van der Waals surface area contributed by atoms with Gasteiger partial charge in [-0.15, -0.1) is 0 Å². The van der Waals surface area contributed by atoms with E-state index < -0.39 is 6.09 Å². The molecule has 2 saturated carbocycles. The molecular formula is C26H28N4O3. The molecule has 2 heterocycles. The largest absolute Gasteiger partial charge is 0.465 e. The summed E-state index contributed by atoms with van der Waals surface area (Å²) in [6.07, 6.45) is 10.1. The molecule has 0 unspecified atom stereocenters. The van der Waals surface area contributed by atoms with Gasteiger partial charge >= 0.3 is 6.09 Å². The summed E-state index contributed by atoms with van der Waals surface area (Å²) >= 11 is 0. The molecule has 2 aromatic carbocycles. The van der Waals surface area contributed by atoms with Crippen molar-refractivity contribution in [1.29, 1.82) is 0 Å². The quantitative estimate of drug-likeness (QED) is 0.386. The van der Waals surface area contributed by atoms with Crippen LogP contribution in [0.25, 0.3) is 33.8 Å². The summed E-state index contributed by atoms with van der Waals surface area (Å²) in [6, 6.07) is 16.9. The summed E-state index contributed by atoms with van der Waals surface area (Å²) in [7, 11) is 0. The number of hydrogen-bond donors (Lipinski definition) is 2. The first-order chi connectivity index (χ1) is 16.0. The Bertz CT molecular complexity index is 1220. The second-order valence-electron chi connectivity index (χ2n) is 9.18. The van der Waals surface area contributed by atoms with Gasteiger partial charge in [-0.2, -0.15) is 0 Å². The zero-order valence-corrected chi connectivity index (χ0v) is 18.7. The van der Waals surface area contributed by atoms with E-state index in [1.54, 1.807) is 0 Å². The lowest BCUT2D eigenvalue weighted by atomic mass is 10.1. The molecule has 0 bridgehead atoms. The molecule has 0 radical (unpaired) electrons. The molecule has 2 aromatic heterocycles. The number of fused-ring (bicyclic) bond motifs is 1. The van der Waals surface area contributed by atoms with E-state index in [2.05, 4.69) is 44.1 Å². The van der Waals surface area contributed by atoms with Gasteiger partial charge in [-0.25, -0.2) is 14.8 Å². The first-order valence-electron chi connectivity index (χ1n) is 11.5. The third kappa shape index (κ3) is 4.77. The van der Waals surface area contributed by atoms with Crippen LogP contribution in [0.4, 0.5) is 4.79 Å². The zero-order chi connectivity index (χ0) is 22.8. The fourth-order valence-electron chi connectivity index (χ4n) is 4.35. The second kappa shape index (κ2) is 8.73. The van der Waals surface area contributed by atoms with Crippen LogP contribution in [0.5, 0.6) is 0 Å². The Morgan fingerprint density at radius 3 is 2.42 bits per heavy atom. The summed E-state index contributed by atoms with van der Waals surface area (Å²) in [6.45, 7) is 1.90. The number of nitrogens with one attached hydrogen (secondary N) is 1. The Hall–Kier alpha value is -3.61. The molecule has 2 aliphatic rings. The van der Waals surface area contributed by atoms with Crippen molar-refractivity contribution in [3.63, 3.8) is 0 Å². The molecular weight excluding hydrogens is 416 g/mol. The van der Waals surface area contributed by atoms with Crippen LogP contribution in [-0.4, -0.2) is 31.3 Å². The highest BCUT2D eigenvalue weighted by molar-refractivity contribution is 5.76. The van der Waals surface area contributed by atoms with Gasteiger partial charge in [0.05, 0.1) is 18.2 Å². The molecule has 0 aliphatic heterocycles. The lowest BCUT2D eigenvalue weighted by molar-refractivity contribution is 0.189. The molecule has 6 rings (SSSR count). The standard InChI is InChI=1S/C21H19N3O.C5H9NO2/c1-2-6-17(5-1)24-14-22-13-19(24)15-9-11-16(12-10-15)21-23-18-7-3-4-8-20(18)25-21;1-5(2-3-5)6-4(7)8/h3-4,7-14,17H,1-2,5-6H2;6H,2-3H2,1H3,(H,7,8). The van der Waals surface area contributed by atoms with E-state index >= 15 is 0 Å². The summed E-state index contributed by atoms with van der Waals surface area (Å²) in [5.74, 6) is 0.664. The predicted octanol–water partition coefficient (Wildman–Crippen LogP) is 6.28. The fourth-order valence-corrected chi connectivity index (χ4v) is 4.35. The molecule has 7 heteroatoms. The van der Waals surface area contributed by atoms with Crippen LogP contribution in [0.3, 0.4) is 0 Å². The molecule has 1 amide bonds. The number of rotatable bonds is 4. The van der Waals surface area contributed by atoms with E-state index in [-0.39, 0.29) is 5.54 Å². The van der Waals surface area contributed by atoms with E-state index in [0.29, 0.717) is 11.9 Å². The smallest absolute Gasteiger partial charge is 0.405 e. The average Bonchev–Trinajstić information content (AvgIpc) is 3.29. The van der Waals surface area contributed by atoms with Crippen LogP contribution < -0.4 is 5.32 Å². The molecule has 170 valence electrons. The predicted molar refractivity (Wildman–Crippen MR) is 127 cm³/mol. The maximum absolute atomic E-state index is 9.94. The van der Waals surface area contributed by atoms with Gasteiger partial charge in [0.2, 0.25) is 5.89 Å². The summed E-state index contributed by atoms with van der Waals surface area (Å²) in [5, 5.41) is 10.6. The van der Waals surface area contributed by atoms with E-state index in [1.165, 1.54) is 36.9 Å². The maximum atomic E-state index is 9.94. The number of hydrogen-bond acceptors (Lipinski definition) is 4. The van der Waals surface area contributed by atoms with Gasteiger partial charge in [-0.3, -0.25) is 0 Å². The van der Waals surface area contributed by atoms with E-state index in [4.69, 9.17) is 9.52 Å². The van der Waals surface area contributed by atoms with Gasteiger partial charge in [0, 0.05) is 17.1 Å². The molecule has 2 fully saturated rings. The van der Waals surface area contributed by atoms with E-state index in [0.717, 1.165) is 29.5 Å². The minimum Gasteiger partial charge on any atom is -0.465 e. The first-order valence-corrected chi connectivity index (χ1v) is 11.5. The third-order valence-electron chi connectivity index (χ3n) is 6.51. The van der Waals surface area contributed by atoms with Gasteiger partial charge in [-0.05, 0) is 62.4 Å². The number of benzene rings is 2. The Kier molecular flexibility index (Phi) is 5.62. The van der Waals surface area contributed by atoms with Crippen molar-refractivity contribution < 1.29 is 14.3 Å².